The fourth-order valence-electron chi connectivity index (χ4n) is 3.10. The van der Waals surface area contributed by atoms with Gasteiger partial charge in [-0.25, -0.2) is 0 Å². The lowest BCUT2D eigenvalue weighted by Crippen LogP contribution is -2.39. The maximum Gasteiger partial charge on any atom is 0.224 e. The molecule has 1 heterocycles. The molecule has 1 amide bonds. The summed E-state index contributed by atoms with van der Waals surface area (Å²) in [6.45, 7) is 3.40. The fourth-order valence-corrected chi connectivity index (χ4v) is 3.27. The van der Waals surface area contributed by atoms with Crippen molar-refractivity contribution < 1.29 is 9.53 Å². The highest BCUT2D eigenvalue weighted by Crippen LogP contribution is 2.27. The summed E-state index contributed by atoms with van der Waals surface area (Å²) < 4.78 is 5.30. The van der Waals surface area contributed by atoms with Crippen LogP contribution in [0.4, 0.5) is 5.69 Å². The zero-order valence-corrected chi connectivity index (χ0v) is 15.4. The molecule has 0 radical (unpaired) electrons. The molecule has 0 unspecified atom stereocenters. The number of halogens is 1. The van der Waals surface area contributed by atoms with Crippen molar-refractivity contribution in [3.63, 3.8) is 0 Å². The highest BCUT2D eigenvalue weighted by Gasteiger charge is 2.22. The SMILES string of the molecule is CNCCC1CCN(C(=O)CCNc2cc(Cl)ccc2OC)CC1. The van der Waals surface area contributed by atoms with E-state index in [1.807, 2.05) is 24.1 Å². The van der Waals surface area contributed by atoms with E-state index < -0.39 is 0 Å². The molecule has 1 aliphatic rings. The van der Waals surface area contributed by atoms with Crippen LogP contribution in [-0.2, 0) is 4.79 Å². The normalized spacial score (nSPS) is 15.4. The highest BCUT2D eigenvalue weighted by atomic mass is 35.5. The number of hydrogen-bond donors (Lipinski definition) is 2. The summed E-state index contributed by atoms with van der Waals surface area (Å²) in [4.78, 5) is 14.3. The molecule has 1 saturated heterocycles. The van der Waals surface area contributed by atoms with Gasteiger partial charge in [0.2, 0.25) is 5.91 Å². The van der Waals surface area contributed by atoms with E-state index in [1.165, 1.54) is 6.42 Å². The molecule has 1 aliphatic heterocycles. The maximum absolute atomic E-state index is 12.3. The standard InChI is InChI=1S/C18H28ClN3O2/c1-20-9-5-14-7-11-22(12-8-14)18(23)6-10-21-16-13-15(19)3-4-17(16)24-2/h3-4,13-14,20-21H,5-12H2,1-2H3. The number of carbonyl (C=O) groups is 1. The Balaban J connectivity index is 1.73. The average molecular weight is 354 g/mol. The zero-order chi connectivity index (χ0) is 17.4. The number of carbonyl (C=O) groups excluding carboxylic acids is 1. The number of ether oxygens (including phenoxy) is 1. The summed E-state index contributed by atoms with van der Waals surface area (Å²) in [6.07, 6.45) is 3.91. The third-order valence-electron chi connectivity index (χ3n) is 4.59. The molecule has 0 saturated carbocycles. The molecular formula is C18H28ClN3O2. The number of hydrogen-bond acceptors (Lipinski definition) is 4. The predicted octanol–water partition coefficient (Wildman–Crippen LogP) is 3.00. The van der Waals surface area contributed by atoms with E-state index in [-0.39, 0.29) is 5.91 Å². The van der Waals surface area contributed by atoms with Crippen LogP contribution in [0.5, 0.6) is 5.75 Å². The van der Waals surface area contributed by atoms with Crippen molar-refractivity contribution in [2.45, 2.75) is 25.7 Å². The number of piperidine rings is 1. The van der Waals surface area contributed by atoms with Crippen LogP contribution >= 0.6 is 11.6 Å². The summed E-state index contributed by atoms with van der Waals surface area (Å²) in [7, 11) is 3.61. The van der Waals surface area contributed by atoms with E-state index in [4.69, 9.17) is 16.3 Å². The summed E-state index contributed by atoms with van der Waals surface area (Å²) in [5.41, 5.74) is 0.823. The Kier molecular flexibility index (Phi) is 7.66. The number of methoxy groups -OCH3 is 1. The first-order valence-corrected chi connectivity index (χ1v) is 9.01. The molecule has 0 atom stereocenters. The molecule has 2 rings (SSSR count). The van der Waals surface area contributed by atoms with Gasteiger partial charge in [-0.2, -0.15) is 0 Å². The van der Waals surface area contributed by atoms with E-state index in [0.29, 0.717) is 18.0 Å². The van der Waals surface area contributed by atoms with E-state index in [2.05, 4.69) is 10.6 Å². The van der Waals surface area contributed by atoms with Crippen molar-refractivity contribution in [3.8, 4) is 5.75 Å². The topological polar surface area (TPSA) is 53.6 Å². The Morgan fingerprint density at radius 2 is 2.08 bits per heavy atom. The van der Waals surface area contributed by atoms with E-state index in [1.54, 1.807) is 13.2 Å². The highest BCUT2D eigenvalue weighted by molar-refractivity contribution is 6.30. The number of amides is 1. The smallest absolute Gasteiger partial charge is 0.224 e. The van der Waals surface area contributed by atoms with Gasteiger partial charge in [-0.3, -0.25) is 4.79 Å². The molecule has 6 heteroatoms. The van der Waals surface area contributed by atoms with Gasteiger partial charge in [0.05, 0.1) is 12.8 Å². The van der Waals surface area contributed by atoms with Crippen molar-refractivity contribution in [1.82, 2.24) is 10.2 Å². The molecular weight excluding hydrogens is 326 g/mol. The van der Waals surface area contributed by atoms with Crippen molar-refractivity contribution in [1.29, 1.82) is 0 Å². The van der Waals surface area contributed by atoms with Crippen LogP contribution in [0.3, 0.4) is 0 Å². The Hall–Kier alpha value is -1.46. The van der Waals surface area contributed by atoms with Crippen LogP contribution in [0.25, 0.3) is 0 Å². The average Bonchev–Trinajstić information content (AvgIpc) is 2.60. The Morgan fingerprint density at radius 3 is 2.75 bits per heavy atom. The first-order valence-electron chi connectivity index (χ1n) is 8.63. The lowest BCUT2D eigenvalue weighted by molar-refractivity contribution is -0.132. The van der Waals surface area contributed by atoms with Gasteiger partial charge in [0.25, 0.3) is 0 Å². The van der Waals surface area contributed by atoms with Gasteiger partial charge < -0.3 is 20.3 Å². The maximum atomic E-state index is 12.3. The predicted molar refractivity (Wildman–Crippen MR) is 99.0 cm³/mol. The summed E-state index contributed by atoms with van der Waals surface area (Å²) >= 11 is 6.01. The van der Waals surface area contributed by atoms with Crippen molar-refractivity contribution in [2.24, 2.45) is 5.92 Å². The molecule has 1 aromatic rings. The molecule has 1 fully saturated rings. The first-order chi connectivity index (χ1) is 11.6. The van der Waals surface area contributed by atoms with E-state index >= 15 is 0 Å². The zero-order valence-electron chi connectivity index (χ0n) is 14.6. The van der Waals surface area contributed by atoms with Crippen molar-refractivity contribution in [2.75, 3.05) is 45.7 Å². The van der Waals surface area contributed by atoms with Crippen LogP contribution < -0.4 is 15.4 Å². The molecule has 0 spiro atoms. The molecule has 0 bridgehead atoms. The lowest BCUT2D eigenvalue weighted by Gasteiger charge is -2.32. The lowest BCUT2D eigenvalue weighted by atomic mass is 9.93. The summed E-state index contributed by atoms with van der Waals surface area (Å²) in [5, 5.41) is 7.09. The molecule has 2 N–H and O–H groups in total. The Bertz CT molecular complexity index is 531. The molecule has 5 nitrogen and oxygen atoms in total. The Labute approximate surface area is 149 Å². The second-order valence-corrected chi connectivity index (χ2v) is 6.67. The van der Waals surface area contributed by atoms with Gasteiger partial charge >= 0.3 is 0 Å². The Morgan fingerprint density at radius 1 is 1.33 bits per heavy atom. The summed E-state index contributed by atoms with van der Waals surface area (Å²) in [6, 6.07) is 5.43. The number of likely N-dealkylation sites (tertiary alicyclic amines) is 1. The molecule has 1 aromatic carbocycles. The van der Waals surface area contributed by atoms with Crippen LogP contribution in [0.1, 0.15) is 25.7 Å². The largest absolute Gasteiger partial charge is 0.495 e. The second-order valence-electron chi connectivity index (χ2n) is 6.24. The second kappa shape index (κ2) is 9.74. The van der Waals surface area contributed by atoms with Gasteiger partial charge in [0.1, 0.15) is 5.75 Å². The van der Waals surface area contributed by atoms with Crippen LogP contribution in [0.2, 0.25) is 5.02 Å². The molecule has 0 aliphatic carbocycles. The monoisotopic (exact) mass is 353 g/mol. The third kappa shape index (κ3) is 5.56. The van der Waals surface area contributed by atoms with Gasteiger partial charge in [-0.15, -0.1) is 0 Å². The molecule has 134 valence electrons. The molecule has 24 heavy (non-hydrogen) atoms. The minimum Gasteiger partial charge on any atom is -0.495 e. The van der Waals surface area contributed by atoms with E-state index in [0.717, 1.165) is 49.8 Å². The first kappa shape index (κ1) is 18.9. The van der Waals surface area contributed by atoms with Gasteiger partial charge in [0, 0.05) is 31.1 Å². The van der Waals surface area contributed by atoms with Crippen molar-refractivity contribution >= 4 is 23.2 Å². The van der Waals surface area contributed by atoms with E-state index in [9.17, 15) is 4.79 Å². The number of nitrogens with zero attached hydrogens (tertiary/aromatic N) is 1. The minimum atomic E-state index is 0.218. The molecule has 0 aromatic heterocycles. The van der Waals surface area contributed by atoms with Gasteiger partial charge in [-0.05, 0) is 57.0 Å². The quantitative estimate of drug-likeness (QED) is 0.754. The van der Waals surface area contributed by atoms with Crippen molar-refractivity contribution in [3.05, 3.63) is 23.2 Å². The number of rotatable bonds is 8. The van der Waals surface area contributed by atoms with Gasteiger partial charge in [0.15, 0.2) is 0 Å². The summed E-state index contributed by atoms with van der Waals surface area (Å²) in [5.74, 6) is 1.70. The van der Waals surface area contributed by atoms with Crippen LogP contribution in [0, 0.1) is 5.92 Å². The van der Waals surface area contributed by atoms with Crippen LogP contribution in [-0.4, -0.2) is 51.1 Å². The minimum absolute atomic E-state index is 0.218. The number of benzene rings is 1. The van der Waals surface area contributed by atoms with Crippen LogP contribution in [0.15, 0.2) is 18.2 Å². The number of nitrogens with one attached hydrogen (secondary N) is 2. The fraction of sp³-hybridized carbons (Fsp3) is 0.611. The third-order valence-corrected chi connectivity index (χ3v) is 4.82. The van der Waals surface area contributed by atoms with Gasteiger partial charge in [-0.1, -0.05) is 11.6 Å². The number of anilines is 1.